The standard InChI is InChI=1S/C14H21N3O2/c1-11-14(18)16-7-9-17(11)8-2-10-19-13-5-3-12(15)4-6-13/h3-6,11H,2,7-10,15H2,1H3,(H,16,18). The topological polar surface area (TPSA) is 67.6 Å². The Labute approximate surface area is 113 Å². The van der Waals surface area contributed by atoms with Gasteiger partial charge in [0, 0.05) is 25.3 Å². The van der Waals surface area contributed by atoms with Gasteiger partial charge >= 0.3 is 0 Å². The Kier molecular flexibility index (Phi) is 4.63. The highest BCUT2D eigenvalue weighted by molar-refractivity contribution is 5.81. The van der Waals surface area contributed by atoms with Crippen molar-refractivity contribution in [3.05, 3.63) is 24.3 Å². The number of nitrogens with zero attached hydrogens (tertiary/aromatic N) is 1. The van der Waals surface area contributed by atoms with Gasteiger partial charge in [0.2, 0.25) is 5.91 Å². The van der Waals surface area contributed by atoms with Crippen molar-refractivity contribution in [2.45, 2.75) is 19.4 Å². The van der Waals surface area contributed by atoms with Crippen molar-refractivity contribution >= 4 is 11.6 Å². The third kappa shape index (κ3) is 3.86. The zero-order valence-corrected chi connectivity index (χ0v) is 11.3. The van der Waals surface area contributed by atoms with E-state index in [9.17, 15) is 4.79 Å². The number of rotatable bonds is 5. The van der Waals surface area contributed by atoms with Gasteiger partial charge in [-0.2, -0.15) is 0 Å². The van der Waals surface area contributed by atoms with Gasteiger partial charge in [0.05, 0.1) is 12.6 Å². The second-order valence-corrected chi connectivity index (χ2v) is 4.77. The van der Waals surface area contributed by atoms with Gasteiger partial charge < -0.3 is 15.8 Å². The smallest absolute Gasteiger partial charge is 0.237 e. The quantitative estimate of drug-likeness (QED) is 0.611. The number of carbonyl (C=O) groups is 1. The predicted molar refractivity (Wildman–Crippen MR) is 75.0 cm³/mol. The van der Waals surface area contributed by atoms with E-state index >= 15 is 0 Å². The van der Waals surface area contributed by atoms with Gasteiger partial charge in [-0.1, -0.05) is 0 Å². The summed E-state index contributed by atoms with van der Waals surface area (Å²) >= 11 is 0. The summed E-state index contributed by atoms with van der Waals surface area (Å²) < 4.78 is 5.63. The molecule has 0 saturated carbocycles. The van der Waals surface area contributed by atoms with Crippen molar-refractivity contribution in [3.63, 3.8) is 0 Å². The van der Waals surface area contributed by atoms with E-state index in [0.29, 0.717) is 6.61 Å². The zero-order valence-electron chi connectivity index (χ0n) is 11.3. The molecule has 0 bridgehead atoms. The first-order valence-electron chi connectivity index (χ1n) is 6.67. The summed E-state index contributed by atoms with van der Waals surface area (Å²) in [6, 6.07) is 7.35. The molecule has 1 aromatic rings. The van der Waals surface area contributed by atoms with Crippen LogP contribution in [0.3, 0.4) is 0 Å². The van der Waals surface area contributed by atoms with Crippen molar-refractivity contribution in [2.75, 3.05) is 32.0 Å². The lowest BCUT2D eigenvalue weighted by atomic mass is 10.2. The Morgan fingerprint density at radius 1 is 1.42 bits per heavy atom. The number of benzene rings is 1. The molecule has 0 radical (unpaired) electrons. The van der Waals surface area contributed by atoms with Crippen molar-refractivity contribution in [1.29, 1.82) is 0 Å². The number of amides is 1. The summed E-state index contributed by atoms with van der Waals surface area (Å²) in [5.41, 5.74) is 6.34. The van der Waals surface area contributed by atoms with Crippen LogP contribution in [0.2, 0.25) is 0 Å². The average molecular weight is 263 g/mol. The molecule has 1 unspecified atom stereocenters. The molecule has 5 heteroatoms. The molecule has 1 amide bonds. The highest BCUT2D eigenvalue weighted by Gasteiger charge is 2.24. The summed E-state index contributed by atoms with van der Waals surface area (Å²) in [6.45, 7) is 5.12. The van der Waals surface area contributed by atoms with Gasteiger partial charge in [-0.15, -0.1) is 0 Å². The molecule has 104 valence electrons. The zero-order chi connectivity index (χ0) is 13.7. The molecular weight excluding hydrogens is 242 g/mol. The van der Waals surface area contributed by atoms with Crippen LogP contribution in [-0.2, 0) is 4.79 Å². The minimum absolute atomic E-state index is 0.0368. The number of piperazine rings is 1. The van der Waals surface area contributed by atoms with Gasteiger partial charge in [0.15, 0.2) is 0 Å². The number of nitrogens with two attached hydrogens (primary N) is 1. The number of ether oxygens (including phenoxy) is 1. The third-order valence-corrected chi connectivity index (χ3v) is 3.36. The van der Waals surface area contributed by atoms with Crippen LogP contribution in [0, 0.1) is 0 Å². The summed E-state index contributed by atoms with van der Waals surface area (Å²) in [5.74, 6) is 0.948. The Bertz CT molecular complexity index is 419. The summed E-state index contributed by atoms with van der Waals surface area (Å²) in [6.07, 6.45) is 0.905. The maximum absolute atomic E-state index is 11.5. The SMILES string of the molecule is CC1C(=O)NCCN1CCCOc1ccc(N)cc1. The van der Waals surface area contributed by atoms with Crippen molar-refractivity contribution in [1.82, 2.24) is 10.2 Å². The molecule has 1 aliphatic heterocycles. The lowest BCUT2D eigenvalue weighted by Crippen LogP contribution is -2.54. The molecule has 5 nitrogen and oxygen atoms in total. The van der Waals surface area contributed by atoms with E-state index in [0.717, 1.165) is 37.5 Å². The fourth-order valence-electron chi connectivity index (χ4n) is 2.16. The van der Waals surface area contributed by atoms with Gasteiger partial charge in [-0.3, -0.25) is 9.69 Å². The minimum Gasteiger partial charge on any atom is -0.494 e. The van der Waals surface area contributed by atoms with Gasteiger partial charge in [-0.25, -0.2) is 0 Å². The maximum atomic E-state index is 11.5. The largest absolute Gasteiger partial charge is 0.494 e. The second-order valence-electron chi connectivity index (χ2n) is 4.77. The molecule has 0 aliphatic carbocycles. The number of carbonyl (C=O) groups excluding carboxylic acids is 1. The Balaban J connectivity index is 1.69. The molecule has 0 aromatic heterocycles. The van der Waals surface area contributed by atoms with Crippen LogP contribution in [0.15, 0.2) is 24.3 Å². The highest BCUT2D eigenvalue weighted by Crippen LogP contribution is 2.13. The summed E-state index contributed by atoms with van der Waals surface area (Å²) in [7, 11) is 0. The van der Waals surface area contributed by atoms with E-state index in [1.165, 1.54) is 0 Å². The molecule has 3 N–H and O–H groups in total. The molecule has 2 rings (SSSR count). The van der Waals surface area contributed by atoms with Crippen LogP contribution in [0.25, 0.3) is 0 Å². The fourth-order valence-corrected chi connectivity index (χ4v) is 2.16. The van der Waals surface area contributed by atoms with Gasteiger partial charge in [-0.05, 0) is 37.6 Å². The van der Waals surface area contributed by atoms with Crippen LogP contribution in [0.1, 0.15) is 13.3 Å². The first-order valence-corrected chi connectivity index (χ1v) is 6.67. The number of nitrogen functional groups attached to an aromatic ring is 1. The number of hydrogen-bond donors (Lipinski definition) is 2. The maximum Gasteiger partial charge on any atom is 0.237 e. The normalized spacial score (nSPS) is 20.1. The van der Waals surface area contributed by atoms with E-state index in [-0.39, 0.29) is 11.9 Å². The molecule has 1 fully saturated rings. The third-order valence-electron chi connectivity index (χ3n) is 3.36. The number of anilines is 1. The first kappa shape index (κ1) is 13.7. The average Bonchev–Trinajstić information content (AvgIpc) is 2.41. The van der Waals surface area contributed by atoms with E-state index in [1.807, 2.05) is 31.2 Å². The van der Waals surface area contributed by atoms with E-state index < -0.39 is 0 Å². The first-order chi connectivity index (χ1) is 9.16. The molecule has 1 atom stereocenters. The molecule has 1 saturated heterocycles. The Morgan fingerprint density at radius 2 is 2.16 bits per heavy atom. The number of nitrogens with one attached hydrogen (secondary N) is 1. The molecule has 1 aliphatic rings. The second kappa shape index (κ2) is 6.43. The summed E-state index contributed by atoms with van der Waals surface area (Å²) in [4.78, 5) is 13.7. The van der Waals surface area contributed by atoms with Crippen LogP contribution in [0.5, 0.6) is 5.75 Å². The Hall–Kier alpha value is -1.75. The van der Waals surface area contributed by atoms with E-state index in [4.69, 9.17) is 10.5 Å². The van der Waals surface area contributed by atoms with Crippen molar-refractivity contribution < 1.29 is 9.53 Å². The van der Waals surface area contributed by atoms with Crippen molar-refractivity contribution in [3.8, 4) is 5.75 Å². The molecular formula is C14H21N3O2. The van der Waals surface area contributed by atoms with Crippen LogP contribution in [0.4, 0.5) is 5.69 Å². The van der Waals surface area contributed by atoms with Crippen LogP contribution >= 0.6 is 0 Å². The summed E-state index contributed by atoms with van der Waals surface area (Å²) in [5, 5.41) is 2.86. The van der Waals surface area contributed by atoms with E-state index in [1.54, 1.807) is 0 Å². The number of hydrogen-bond acceptors (Lipinski definition) is 4. The lowest BCUT2D eigenvalue weighted by molar-refractivity contribution is -0.128. The predicted octanol–water partition coefficient (Wildman–Crippen LogP) is 0.858. The molecule has 1 heterocycles. The lowest BCUT2D eigenvalue weighted by Gasteiger charge is -2.32. The van der Waals surface area contributed by atoms with E-state index in [2.05, 4.69) is 10.2 Å². The monoisotopic (exact) mass is 263 g/mol. The molecule has 19 heavy (non-hydrogen) atoms. The van der Waals surface area contributed by atoms with Crippen molar-refractivity contribution in [2.24, 2.45) is 0 Å². The fraction of sp³-hybridized carbons (Fsp3) is 0.500. The Morgan fingerprint density at radius 3 is 2.89 bits per heavy atom. The van der Waals surface area contributed by atoms with Gasteiger partial charge in [0.1, 0.15) is 5.75 Å². The van der Waals surface area contributed by atoms with Gasteiger partial charge in [0.25, 0.3) is 0 Å². The van der Waals surface area contributed by atoms with Crippen LogP contribution in [-0.4, -0.2) is 43.1 Å². The molecule has 1 aromatic carbocycles. The molecule has 0 spiro atoms. The highest BCUT2D eigenvalue weighted by atomic mass is 16.5. The minimum atomic E-state index is -0.0368. The van der Waals surface area contributed by atoms with Crippen LogP contribution < -0.4 is 15.8 Å².